The summed E-state index contributed by atoms with van der Waals surface area (Å²) in [5.41, 5.74) is 1.94. The van der Waals surface area contributed by atoms with E-state index in [4.69, 9.17) is 9.15 Å². The number of hydrogen-bond acceptors (Lipinski definition) is 9. The first-order chi connectivity index (χ1) is 14.4. The Kier molecular flexibility index (Phi) is 5.32. The molecule has 1 aliphatic heterocycles. The minimum absolute atomic E-state index is 0.101. The van der Waals surface area contributed by atoms with Crippen LogP contribution >= 0.6 is 0 Å². The minimum atomic E-state index is -0.764. The molecule has 1 amide bonds. The van der Waals surface area contributed by atoms with Crippen LogP contribution < -0.4 is 10.2 Å². The van der Waals surface area contributed by atoms with Crippen molar-refractivity contribution in [3.8, 4) is 11.5 Å². The third kappa shape index (κ3) is 3.94. The number of rotatable bonds is 6. The average molecular weight is 410 g/mol. The van der Waals surface area contributed by atoms with Crippen molar-refractivity contribution in [2.75, 3.05) is 16.8 Å². The molecule has 0 spiro atoms. The van der Waals surface area contributed by atoms with Gasteiger partial charge < -0.3 is 19.6 Å². The molecule has 1 fully saturated rings. The van der Waals surface area contributed by atoms with Crippen molar-refractivity contribution in [2.24, 2.45) is 0 Å². The fraction of sp³-hybridized carbons (Fsp3) is 0.350. The lowest BCUT2D eigenvalue weighted by molar-refractivity contribution is 0.142. The Morgan fingerprint density at radius 1 is 1.27 bits per heavy atom. The van der Waals surface area contributed by atoms with Crippen LogP contribution in [-0.2, 0) is 4.74 Å². The number of ether oxygens (including phenoxy) is 1. The topological polar surface area (TPSA) is 127 Å². The third-order valence-electron chi connectivity index (χ3n) is 4.77. The molecule has 156 valence electrons. The van der Waals surface area contributed by atoms with E-state index >= 15 is 0 Å². The maximum absolute atomic E-state index is 12.1. The van der Waals surface area contributed by atoms with Gasteiger partial charge in [-0.15, -0.1) is 10.2 Å². The van der Waals surface area contributed by atoms with Gasteiger partial charge in [-0.1, -0.05) is 17.7 Å². The van der Waals surface area contributed by atoms with Gasteiger partial charge in [0.1, 0.15) is 24.5 Å². The van der Waals surface area contributed by atoms with Gasteiger partial charge in [-0.3, -0.25) is 4.90 Å². The molecule has 3 aromatic rings. The molecule has 4 rings (SSSR count). The number of hydrogen-bond donors (Lipinski definition) is 2. The molecular formula is C20H22N6O4. The van der Waals surface area contributed by atoms with E-state index in [9.17, 15) is 9.90 Å². The summed E-state index contributed by atoms with van der Waals surface area (Å²) in [6, 6.07) is 8.50. The van der Waals surface area contributed by atoms with Crippen molar-refractivity contribution in [2.45, 2.75) is 39.0 Å². The van der Waals surface area contributed by atoms with Crippen LogP contribution in [0.2, 0.25) is 0 Å². The van der Waals surface area contributed by atoms with Crippen LogP contribution in [0.3, 0.4) is 0 Å². The number of nitrogens with one attached hydrogen (secondary N) is 1. The Hall–Kier alpha value is -3.53. The highest BCUT2D eigenvalue weighted by Crippen LogP contribution is 2.26. The standard InChI is InChI=1S/C20H22N6O4/c1-11-5-4-6-14(9-11)18-25-24-17(30-18)12(2)22-19-21-8-7-16(23-19)26-15(13(3)27)10-29-20(26)28/h4-9,12-13,15,27H,10H2,1-3H3,(H,21,22,23)/t12-,13-,15-/m1/s1. The number of aliphatic hydroxyl groups is 1. The van der Waals surface area contributed by atoms with Crippen LogP contribution in [0.4, 0.5) is 16.6 Å². The minimum Gasteiger partial charge on any atom is -0.447 e. The van der Waals surface area contributed by atoms with E-state index in [0.29, 0.717) is 17.6 Å². The fourth-order valence-corrected chi connectivity index (χ4v) is 3.17. The van der Waals surface area contributed by atoms with Gasteiger partial charge in [0, 0.05) is 11.8 Å². The molecule has 30 heavy (non-hydrogen) atoms. The molecule has 0 saturated carbocycles. The number of aromatic nitrogens is 4. The van der Waals surface area contributed by atoms with Crippen LogP contribution in [-0.4, -0.2) is 50.1 Å². The third-order valence-corrected chi connectivity index (χ3v) is 4.77. The van der Waals surface area contributed by atoms with Crippen LogP contribution in [0.25, 0.3) is 11.5 Å². The maximum atomic E-state index is 12.1. The molecule has 1 aromatic carbocycles. The Morgan fingerprint density at radius 2 is 2.10 bits per heavy atom. The van der Waals surface area contributed by atoms with Gasteiger partial charge in [0.2, 0.25) is 17.7 Å². The SMILES string of the molecule is Cc1cccc(-c2nnc([C@@H](C)Nc3nccc(N4C(=O)OC[C@@H]4[C@@H](C)O)n3)o2)c1. The van der Waals surface area contributed by atoms with E-state index in [0.717, 1.165) is 11.1 Å². The second kappa shape index (κ2) is 8.07. The summed E-state index contributed by atoms with van der Waals surface area (Å²) < 4.78 is 10.8. The van der Waals surface area contributed by atoms with Crippen molar-refractivity contribution in [3.05, 3.63) is 48.0 Å². The first kappa shape index (κ1) is 19.8. The lowest BCUT2D eigenvalue weighted by Gasteiger charge is -2.22. The number of carbonyl (C=O) groups excluding carboxylic acids is 1. The van der Waals surface area contributed by atoms with Crippen molar-refractivity contribution in [1.29, 1.82) is 0 Å². The Bertz CT molecular complexity index is 1050. The zero-order chi connectivity index (χ0) is 21.3. The lowest BCUT2D eigenvalue weighted by atomic mass is 10.1. The second-order valence-corrected chi connectivity index (χ2v) is 7.17. The van der Waals surface area contributed by atoms with Gasteiger partial charge in [0.15, 0.2) is 0 Å². The van der Waals surface area contributed by atoms with Crippen LogP contribution in [0.15, 0.2) is 40.9 Å². The first-order valence-corrected chi connectivity index (χ1v) is 9.56. The highest BCUT2D eigenvalue weighted by Gasteiger charge is 2.38. The summed E-state index contributed by atoms with van der Waals surface area (Å²) in [6.07, 6.45) is 0.201. The van der Waals surface area contributed by atoms with Crippen LogP contribution in [0.5, 0.6) is 0 Å². The molecule has 10 heteroatoms. The van der Waals surface area contributed by atoms with E-state index in [1.165, 1.54) is 11.1 Å². The number of aryl methyl sites for hydroxylation is 1. The number of nitrogens with zero attached hydrogens (tertiary/aromatic N) is 5. The Balaban J connectivity index is 1.51. The Morgan fingerprint density at radius 3 is 2.87 bits per heavy atom. The summed E-state index contributed by atoms with van der Waals surface area (Å²) in [4.78, 5) is 22.0. The molecule has 1 saturated heterocycles. The molecule has 2 aromatic heterocycles. The molecule has 3 heterocycles. The Labute approximate surface area is 172 Å². The first-order valence-electron chi connectivity index (χ1n) is 9.56. The van der Waals surface area contributed by atoms with Crippen LogP contribution in [0.1, 0.15) is 31.3 Å². The molecule has 0 bridgehead atoms. The van der Waals surface area contributed by atoms with Crippen molar-refractivity contribution >= 4 is 17.9 Å². The molecule has 0 radical (unpaired) electrons. The molecule has 0 unspecified atom stereocenters. The van der Waals surface area contributed by atoms with E-state index in [1.54, 1.807) is 13.0 Å². The zero-order valence-corrected chi connectivity index (χ0v) is 16.8. The summed E-state index contributed by atoms with van der Waals surface area (Å²) in [5, 5.41) is 21.2. The van der Waals surface area contributed by atoms with E-state index < -0.39 is 18.2 Å². The van der Waals surface area contributed by atoms with Gasteiger partial charge in [-0.25, -0.2) is 9.78 Å². The normalized spacial score (nSPS) is 18.2. The lowest BCUT2D eigenvalue weighted by Crippen LogP contribution is -2.41. The quantitative estimate of drug-likeness (QED) is 0.630. The highest BCUT2D eigenvalue weighted by atomic mass is 16.6. The van der Waals surface area contributed by atoms with Crippen molar-refractivity contribution < 1.29 is 19.1 Å². The largest absolute Gasteiger partial charge is 0.447 e. The average Bonchev–Trinajstić information content (AvgIpc) is 3.35. The molecule has 3 atom stereocenters. The fourth-order valence-electron chi connectivity index (χ4n) is 3.17. The van der Waals surface area contributed by atoms with Gasteiger partial charge in [-0.05, 0) is 39.0 Å². The molecular weight excluding hydrogens is 388 g/mol. The van der Waals surface area contributed by atoms with Gasteiger partial charge >= 0.3 is 6.09 Å². The summed E-state index contributed by atoms with van der Waals surface area (Å²) in [7, 11) is 0. The summed E-state index contributed by atoms with van der Waals surface area (Å²) in [6.45, 7) is 5.53. The van der Waals surface area contributed by atoms with E-state index in [2.05, 4.69) is 25.5 Å². The number of carbonyl (C=O) groups is 1. The van der Waals surface area contributed by atoms with E-state index in [1.807, 2.05) is 38.1 Å². The van der Waals surface area contributed by atoms with Crippen molar-refractivity contribution in [3.63, 3.8) is 0 Å². The molecule has 0 aliphatic carbocycles. The monoisotopic (exact) mass is 410 g/mol. The molecule has 1 aliphatic rings. The number of benzene rings is 1. The number of cyclic esters (lactones) is 1. The zero-order valence-electron chi connectivity index (χ0n) is 16.8. The smallest absolute Gasteiger partial charge is 0.416 e. The maximum Gasteiger partial charge on any atom is 0.416 e. The predicted octanol–water partition coefficient (Wildman–Crippen LogP) is 2.71. The molecule has 2 N–H and O–H groups in total. The summed E-state index contributed by atoms with van der Waals surface area (Å²) in [5.74, 6) is 1.41. The van der Waals surface area contributed by atoms with Crippen LogP contribution in [0, 0.1) is 6.92 Å². The van der Waals surface area contributed by atoms with Gasteiger partial charge in [-0.2, -0.15) is 4.98 Å². The highest BCUT2D eigenvalue weighted by molar-refractivity contribution is 5.89. The number of aliphatic hydroxyl groups excluding tert-OH is 1. The van der Waals surface area contributed by atoms with E-state index in [-0.39, 0.29) is 18.6 Å². The second-order valence-electron chi connectivity index (χ2n) is 7.17. The van der Waals surface area contributed by atoms with Crippen molar-refractivity contribution in [1.82, 2.24) is 20.2 Å². The number of amides is 1. The summed E-state index contributed by atoms with van der Waals surface area (Å²) >= 11 is 0. The predicted molar refractivity (Wildman–Crippen MR) is 108 cm³/mol. The number of anilines is 2. The molecule has 10 nitrogen and oxygen atoms in total. The van der Waals surface area contributed by atoms with Gasteiger partial charge in [0.05, 0.1) is 6.10 Å². The van der Waals surface area contributed by atoms with Gasteiger partial charge in [0.25, 0.3) is 0 Å².